The molecule has 2 amide bonds. The first-order valence-corrected chi connectivity index (χ1v) is 18.6. The first-order chi connectivity index (χ1) is 26.7. The van der Waals surface area contributed by atoms with Crippen LogP contribution in [-0.2, 0) is 0 Å². The van der Waals surface area contributed by atoms with Crippen LogP contribution in [0, 0.1) is 13.8 Å². The monoisotopic (exact) mass is 753 g/mol. The molecule has 14 nitrogen and oxygen atoms in total. The molecule has 2 N–H and O–H groups in total. The SMILES string of the molecule is COc1cc(C(=O)N2CCCC2)ccc1Oc1nc(Nc2cc(OC)c(OC)c(OCCCN3CCN(C)CC3)c2)ncc1C(=O)Nc1c(C)cccc1C. The number of benzene rings is 3. The Hall–Kier alpha value is -5.60. The van der Waals surface area contributed by atoms with Gasteiger partial charge in [-0.3, -0.25) is 9.59 Å². The molecule has 6 rings (SSSR count). The normalized spacial score (nSPS) is 14.7. The van der Waals surface area contributed by atoms with E-state index >= 15 is 0 Å². The lowest BCUT2D eigenvalue weighted by Gasteiger charge is -2.32. The average Bonchev–Trinajstić information content (AvgIpc) is 3.74. The maximum atomic E-state index is 13.9. The number of para-hydroxylation sites is 1. The molecule has 1 aromatic heterocycles. The maximum Gasteiger partial charge on any atom is 0.262 e. The third-order valence-electron chi connectivity index (χ3n) is 9.90. The Kier molecular flexibility index (Phi) is 12.9. The third kappa shape index (κ3) is 9.56. The Morgan fingerprint density at radius 1 is 0.818 bits per heavy atom. The summed E-state index contributed by atoms with van der Waals surface area (Å²) >= 11 is 0. The van der Waals surface area contributed by atoms with E-state index in [2.05, 4.69) is 37.4 Å². The van der Waals surface area contributed by atoms with Crippen LogP contribution in [0.25, 0.3) is 0 Å². The number of hydrogen-bond acceptors (Lipinski definition) is 12. The molecule has 0 spiro atoms. The molecule has 0 aliphatic carbocycles. The average molecular weight is 754 g/mol. The van der Waals surface area contributed by atoms with Crippen molar-refractivity contribution in [1.82, 2.24) is 24.7 Å². The van der Waals surface area contributed by atoms with E-state index in [0.29, 0.717) is 46.5 Å². The molecule has 3 aromatic carbocycles. The van der Waals surface area contributed by atoms with Gasteiger partial charge in [0.1, 0.15) is 5.56 Å². The molecule has 0 atom stereocenters. The fourth-order valence-electron chi connectivity index (χ4n) is 6.72. The number of methoxy groups -OCH3 is 3. The van der Waals surface area contributed by atoms with Gasteiger partial charge in [0.2, 0.25) is 17.6 Å². The van der Waals surface area contributed by atoms with Gasteiger partial charge in [0.05, 0.1) is 27.9 Å². The van der Waals surface area contributed by atoms with Crippen molar-refractivity contribution in [2.24, 2.45) is 0 Å². The number of likely N-dealkylation sites (tertiary alicyclic amines) is 1. The summed E-state index contributed by atoms with van der Waals surface area (Å²) in [7, 11) is 6.77. The zero-order valence-corrected chi connectivity index (χ0v) is 32.6. The predicted octanol–water partition coefficient (Wildman–Crippen LogP) is 6.16. The highest BCUT2D eigenvalue weighted by Gasteiger charge is 2.24. The highest BCUT2D eigenvalue weighted by atomic mass is 16.5. The number of nitrogens with one attached hydrogen (secondary N) is 2. The van der Waals surface area contributed by atoms with Crippen LogP contribution in [0.15, 0.2) is 54.7 Å². The summed E-state index contributed by atoms with van der Waals surface area (Å²) < 4.78 is 29.6. The Balaban J connectivity index is 1.27. The van der Waals surface area contributed by atoms with Gasteiger partial charge in [-0.15, -0.1) is 0 Å². The summed E-state index contributed by atoms with van der Waals surface area (Å²) in [6, 6.07) is 14.3. The van der Waals surface area contributed by atoms with Gasteiger partial charge in [-0.1, -0.05) is 18.2 Å². The molecule has 292 valence electrons. The van der Waals surface area contributed by atoms with Gasteiger partial charge in [-0.25, -0.2) is 4.98 Å². The number of ether oxygens (including phenoxy) is 5. The van der Waals surface area contributed by atoms with Crippen molar-refractivity contribution in [2.75, 3.05) is 91.4 Å². The predicted molar refractivity (Wildman–Crippen MR) is 211 cm³/mol. The molecule has 2 saturated heterocycles. The van der Waals surface area contributed by atoms with Gasteiger partial charge < -0.3 is 49.0 Å². The van der Waals surface area contributed by atoms with Crippen LogP contribution in [0.4, 0.5) is 17.3 Å². The second kappa shape index (κ2) is 18.2. The largest absolute Gasteiger partial charge is 0.493 e. The molecular formula is C41H51N7O7. The standard InChI is InChI=1S/C41H51N7O7/c1-27-11-9-12-28(2)36(27)44-38(49)31-26-42-41(45-39(31)55-32-14-13-29(23-33(32)51-4)40(50)48-16-7-8-17-48)43-30-24-34(52-5)37(53-6)35(25-30)54-22-10-15-47-20-18-46(3)19-21-47/h9,11-14,23-26H,7-8,10,15-22H2,1-6H3,(H,44,49)(H,42,43,45). The van der Waals surface area contributed by atoms with Crippen molar-refractivity contribution in [1.29, 1.82) is 0 Å². The second-order valence-corrected chi connectivity index (χ2v) is 13.8. The molecule has 3 heterocycles. The van der Waals surface area contributed by atoms with Crippen molar-refractivity contribution in [2.45, 2.75) is 33.1 Å². The van der Waals surface area contributed by atoms with Crippen molar-refractivity contribution >= 4 is 29.1 Å². The quantitative estimate of drug-likeness (QED) is 0.135. The number of carbonyl (C=O) groups excluding carboxylic acids is 2. The minimum absolute atomic E-state index is 0.0287. The number of rotatable bonds is 15. The van der Waals surface area contributed by atoms with E-state index in [1.807, 2.05) is 36.9 Å². The van der Waals surface area contributed by atoms with E-state index in [1.54, 1.807) is 44.6 Å². The highest BCUT2D eigenvalue weighted by molar-refractivity contribution is 6.06. The number of anilines is 3. The molecular weight excluding hydrogens is 702 g/mol. The minimum atomic E-state index is -0.461. The van der Waals surface area contributed by atoms with Gasteiger partial charge >= 0.3 is 0 Å². The van der Waals surface area contributed by atoms with E-state index in [4.69, 9.17) is 23.7 Å². The second-order valence-electron chi connectivity index (χ2n) is 13.8. The van der Waals surface area contributed by atoms with Crippen LogP contribution in [0.1, 0.15) is 51.1 Å². The highest BCUT2D eigenvalue weighted by Crippen LogP contribution is 2.41. The number of piperazine rings is 1. The number of aryl methyl sites for hydroxylation is 2. The zero-order valence-electron chi connectivity index (χ0n) is 32.6. The van der Waals surface area contributed by atoms with Gasteiger partial charge in [-0.2, -0.15) is 4.98 Å². The fourth-order valence-corrected chi connectivity index (χ4v) is 6.72. The van der Waals surface area contributed by atoms with Crippen molar-refractivity contribution in [3.8, 4) is 34.6 Å². The molecule has 0 unspecified atom stereocenters. The van der Waals surface area contributed by atoms with E-state index in [1.165, 1.54) is 13.3 Å². The van der Waals surface area contributed by atoms with E-state index in [-0.39, 0.29) is 29.0 Å². The molecule has 2 aliphatic rings. The van der Waals surface area contributed by atoms with Crippen LogP contribution in [-0.4, -0.2) is 117 Å². The van der Waals surface area contributed by atoms with Crippen molar-refractivity contribution in [3.63, 3.8) is 0 Å². The smallest absolute Gasteiger partial charge is 0.262 e. The molecule has 0 saturated carbocycles. The van der Waals surface area contributed by atoms with Crippen LogP contribution < -0.4 is 34.3 Å². The van der Waals surface area contributed by atoms with Gasteiger partial charge in [0.25, 0.3) is 11.8 Å². The number of hydrogen-bond donors (Lipinski definition) is 2. The zero-order chi connectivity index (χ0) is 38.9. The first kappa shape index (κ1) is 39.1. The molecule has 55 heavy (non-hydrogen) atoms. The molecule has 2 fully saturated rings. The van der Waals surface area contributed by atoms with E-state index in [0.717, 1.165) is 76.2 Å². The van der Waals surface area contributed by atoms with Crippen LogP contribution in [0.2, 0.25) is 0 Å². The lowest BCUT2D eigenvalue weighted by Crippen LogP contribution is -2.44. The minimum Gasteiger partial charge on any atom is -0.493 e. The number of amides is 2. The lowest BCUT2D eigenvalue weighted by molar-refractivity contribution is 0.0792. The molecule has 2 aliphatic heterocycles. The van der Waals surface area contributed by atoms with E-state index < -0.39 is 5.91 Å². The van der Waals surface area contributed by atoms with E-state index in [9.17, 15) is 9.59 Å². The molecule has 14 heteroatoms. The summed E-state index contributed by atoms with van der Waals surface area (Å²) in [5.74, 6) is 1.58. The molecule has 4 aromatic rings. The molecule has 0 bridgehead atoms. The number of aromatic nitrogens is 2. The van der Waals surface area contributed by atoms with Gasteiger partial charge in [-0.05, 0) is 69.5 Å². The van der Waals surface area contributed by atoms with Crippen LogP contribution in [0.3, 0.4) is 0 Å². The Morgan fingerprint density at radius 3 is 2.22 bits per heavy atom. The Bertz CT molecular complexity index is 1960. The summed E-state index contributed by atoms with van der Waals surface area (Å²) in [4.78, 5) is 42.8. The lowest BCUT2D eigenvalue weighted by atomic mass is 10.1. The first-order valence-electron chi connectivity index (χ1n) is 18.6. The summed E-state index contributed by atoms with van der Waals surface area (Å²) in [5, 5.41) is 6.22. The number of carbonyl (C=O) groups is 2. The maximum absolute atomic E-state index is 13.9. The van der Waals surface area contributed by atoms with Gasteiger partial charge in [0, 0.05) is 81.1 Å². The van der Waals surface area contributed by atoms with Crippen molar-refractivity contribution in [3.05, 3.63) is 77.0 Å². The Labute approximate surface area is 322 Å². The van der Waals surface area contributed by atoms with Crippen LogP contribution in [0.5, 0.6) is 34.6 Å². The summed E-state index contributed by atoms with van der Waals surface area (Å²) in [6.45, 7) is 10.9. The van der Waals surface area contributed by atoms with Crippen molar-refractivity contribution < 1.29 is 33.3 Å². The fraction of sp³-hybridized carbons (Fsp3) is 0.415. The third-order valence-corrected chi connectivity index (χ3v) is 9.90. The van der Waals surface area contributed by atoms with Gasteiger partial charge in [0.15, 0.2) is 23.0 Å². The number of likely N-dealkylation sites (N-methyl/N-ethyl adjacent to an activating group) is 1. The molecule has 0 radical (unpaired) electrons. The summed E-state index contributed by atoms with van der Waals surface area (Å²) in [5.41, 5.74) is 3.62. The Morgan fingerprint density at radius 2 is 1.53 bits per heavy atom. The number of nitrogens with zero attached hydrogens (tertiary/aromatic N) is 5. The summed E-state index contributed by atoms with van der Waals surface area (Å²) in [6.07, 6.45) is 4.21. The topological polar surface area (TPSA) is 140 Å². The van der Waals surface area contributed by atoms with Crippen LogP contribution >= 0.6 is 0 Å².